The van der Waals surface area contributed by atoms with Crippen LogP contribution in [0.4, 0.5) is 0 Å². The molecule has 1 aromatic carbocycles. The van der Waals surface area contributed by atoms with Crippen LogP contribution in [0.5, 0.6) is 0 Å². The lowest BCUT2D eigenvalue weighted by atomic mass is 10.0. The van der Waals surface area contributed by atoms with E-state index in [2.05, 4.69) is 4.72 Å². The fraction of sp³-hybridized carbons (Fsp3) is 0.467. The molecule has 126 valence electrons. The predicted octanol–water partition coefficient (Wildman–Crippen LogP) is 1.06. The van der Waals surface area contributed by atoms with Gasteiger partial charge in [-0.3, -0.25) is 4.79 Å². The number of hydrogen-bond acceptors (Lipinski definition) is 4. The Labute approximate surface area is 135 Å². The van der Waals surface area contributed by atoms with Crippen LogP contribution in [0.15, 0.2) is 29.2 Å². The molecule has 1 fully saturated rings. The van der Waals surface area contributed by atoms with Gasteiger partial charge in [0.05, 0.1) is 4.90 Å². The Morgan fingerprint density at radius 2 is 1.74 bits per heavy atom. The molecular formula is C15H20N2O5S. The summed E-state index contributed by atoms with van der Waals surface area (Å²) in [6.07, 6.45) is 1.68. The van der Waals surface area contributed by atoms with E-state index in [9.17, 15) is 18.0 Å². The number of nitrogens with one attached hydrogen (secondary N) is 1. The number of carboxylic acid groups (broad SMARTS) is 1. The van der Waals surface area contributed by atoms with E-state index in [-0.39, 0.29) is 16.5 Å². The number of aliphatic carboxylic acids is 1. The lowest BCUT2D eigenvalue weighted by Crippen LogP contribution is -2.50. The summed E-state index contributed by atoms with van der Waals surface area (Å²) in [6.45, 7) is 2.84. The third-order valence-electron chi connectivity index (χ3n) is 3.98. The van der Waals surface area contributed by atoms with Crippen molar-refractivity contribution in [2.75, 3.05) is 7.05 Å². The molecule has 0 saturated heterocycles. The second-order valence-electron chi connectivity index (χ2n) is 6.15. The van der Waals surface area contributed by atoms with Gasteiger partial charge in [0.2, 0.25) is 10.0 Å². The SMILES string of the molecule is CN(C(=O)c1ccc(S(=O)(=O)NC2CC2)cc1)C(C)(C)C(=O)O. The highest BCUT2D eigenvalue weighted by atomic mass is 32.2. The maximum absolute atomic E-state index is 12.3. The molecule has 0 bridgehead atoms. The number of rotatable bonds is 6. The quantitative estimate of drug-likeness (QED) is 0.806. The zero-order valence-electron chi connectivity index (χ0n) is 13.2. The van der Waals surface area contributed by atoms with Gasteiger partial charge in [0.25, 0.3) is 5.91 Å². The number of likely N-dealkylation sites (N-methyl/N-ethyl adjacent to an activating group) is 1. The zero-order valence-corrected chi connectivity index (χ0v) is 14.1. The van der Waals surface area contributed by atoms with Crippen LogP contribution in [-0.4, -0.2) is 48.9 Å². The molecule has 1 saturated carbocycles. The van der Waals surface area contributed by atoms with Gasteiger partial charge < -0.3 is 10.0 Å². The van der Waals surface area contributed by atoms with Gasteiger partial charge >= 0.3 is 5.97 Å². The normalized spacial score (nSPS) is 15.3. The van der Waals surface area contributed by atoms with Crippen molar-refractivity contribution in [1.29, 1.82) is 0 Å². The van der Waals surface area contributed by atoms with Crippen molar-refractivity contribution in [2.24, 2.45) is 0 Å². The largest absolute Gasteiger partial charge is 0.480 e. The van der Waals surface area contributed by atoms with E-state index in [0.29, 0.717) is 0 Å². The lowest BCUT2D eigenvalue weighted by Gasteiger charge is -2.31. The van der Waals surface area contributed by atoms with Gasteiger partial charge in [-0.1, -0.05) is 0 Å². The van der Waals surface area contributed by atoms with Crippen LogP contribution in [0.25, 0.3) is 0 Å². The molecule has 2 N–H and O–H groups in total. The maximum atomic E-state index is 12.3. The van der Waals surface area contributed by atoms with Gasteiger partial charge in [-0.25, -0.2) is 17.9 Å². The third kappa shape index (κ3) is 3.70. The maximum Gasteiger partial charge on any atom is 0.329 e. The van der Waals surface area contributed by atoms with Crippen LogP contribution in [0.1, 0.15) is 37.0 Å². The van der Waals surface area contributed by atoms with Crippen molar-refractivity contribution in [3.8, 4) is 0 Å². The highest BCUT2D eigenvalue weighted by Crippen LogP contribution is 2.23. The van der Waals surface area contributed by atoms with Gasteiger partial charge in [0.1, 0.15) is 5.54 Å². The van der Waals surface area contributed by atoms with Crippen molar-refractivity contribution < 1.29 is 23.1 Å². The molecule has 1 amide bonds. The average molecular weight is 340 g/mol. The minimum Gasteiger partial charge on any atom is -0.480 e. The summed E-state index contributed by atoms with van der Waals surface area (Å²) in [7, 11) is -2.17. The molecule has 0 aromatic heterocycles. The molecule has 0 radical (unpaired) electrons. The number of benzene rings is 1. The number of amides is 1. The summed E-state index contributed by atoms with van der Waals surface area (Å²) < 4.78 is 26.7. The average Bonchev–Trinajstić information content (AvgIpc) is 3.28. The summed E-state index contributed by atoms with van der Waals surface area (Å²) in [5, 5.41) is 9.17. The number of carboxylic acids is 1. The standard InChI is InChI=1S/C15H20N2O5S/c1-15(2,14(19)20)17(3)13(18)10-4-8-12(9-5-10)23(21,22)16-11-6-7-11/h4-5,8-9,11,16H,6-7H2,1-3H3,(H,19,20). The first kappa shape index (κ1) is 17.4. The number of carbonyl (C=O) groups is 2. The van der Waals surface area contributed by atoms with Gasteiger partial charge in [-0.15, -0.1) is 0 Å². The fourth-order valence-corrected chi connectivity index (χ4v) is 3.16. The molecule has 7 nitrogen and oxygen atoms in total. The summed E-state index contributed by atoms with van der Waals surface area (Å²) >= 11 is 0. The van der Waals surface area contributed by atoms with Crippen molar-refractivity contribution in [1.82, 2.24) is 9.62 Å². The molecule has 1 aliphatic rings. The first-order valence-electron chi connectivity index (χ1n) is 7.19. The first-order chi connectivity index (χ1) is 10.6. The lowest BCUT2D eigenvalue weighted by molar-refractivity contribution is -0.147. The Morgan fingerprint density at radius 1 is 1.22 bits per heavy atom. The van der Waals surface area contributed by atoms with Crippen molar-refractivity contribution in [3.63, 3.8) is 0 Å². The van der Waals surface area contributed by atoms with Crippen LogP contribution in [0, 0.1) is 0 Å². The molecule has 0 heterocycles. The number of nitrogens with zero attached hydrogens (tertiary/aromatic N) is 1. The van der Waals surface area contributed by atoms with Crippen LogP contribution in [-0.2, 0) is 14.8 Å². The zero-order chi connectivity index (χ0) is 17.4. The van der Waals surface area contributed by atoms with Crippen LogP contribution < -0.4 is 4.72 Å². The Bertz CT molecular complexity index is 721. The summed E-state index contributed by atoms with van der Waals surface area (Å²) in [5.74, 6) is -1.61. The molecule has 0 aliphatic heterocycles. The van der Waals surface area contributed by atoms with Crippen molar-refractivity contribution in [3.05, 3.63) is 29.8 Å². The summed E-state index contributed by atoms with van der Waals surface area (Å²) in [6, 6.07) is 5.47. The third-order valence-corrected chi connectivity index (χ3v) is 5.51. The van der Waals surface area contributed by atoms with Crippen LogP contribution in [0.2, 0.25) is 0 Å². The second kappa shape index (κ2) is 5.93. The van der Waals surface area contributed by atoms with E-state index >= 15 is 0 Å². The number of sulfonamides is 1. The monoisotopic (exact) mass is 340 g/mol. The molecule has 2 rings (SSSR count). The number of carbonyl (C=O) groups excluding carboxylic acids is 1. The Balaban J connectivity index is 2.19. The van der Waals surface area contributed by atoms with E-state index in [1.807, 2.05) is 0 Å². The molecule has 8 heteroatoms. The second-order valence-corrected chi connectivity index (χ2v) is 7.86. The highest BCUT2D eigenvalue weighted by Gasteiger charge is 2.35. The van der Waals surface area contributed by atoms with Gasteiger partial charge in [0, 0.05) is 18.7 Å². The fourth-order valence-electron chi connectivity index (χ4n) is 1.86. The van der Waals surface area contributed by atoms with Gasteiger partial charge in [-0.05, 0) is 51.0 Å². The Kier molecular flexibility index (Phi) is 4.50. The molecular weight excluding hydrogens is 320 g/mol. The van der Waals surface area contributed by atoms with Crippen molar-refractivity contribution >= 4 is 21.9 Å². The number of hydrogen-bond donors (Lipinski definition) is 2. The van der Waals surface area contributed by atoms with Crippen molar-refractivity contribution in [2.45, 2.75) is 43.2 Å². The van der Waals surface area contributed by atoms with E-state index in [1.165, 1.54) is 45.2 Å². The van der Waals surface area contributed by atoms with Gasteiger partial charge in [0.15, 0.2) is 0 Å². The molecule has 0 spiro atoms. The molecule has 1 aliphatic carbocycles. The highest BCUT2D eigenvalue weighted by molar-refractivity contribution is 7.89. The predicted molar refractivity (Wildman–Crippen MR) is 83.6 cm³/mol. The topological polar surface area (TPSA) is 104 Å². The Morgan fingerprint density at radius 3 is 2.17 bits per heavy atom. The minimum atomic E-state index is -3.57. The van der Waals surface area contributed by atoms with E-state index < -0.39 is 27.4 Å². The van der Waals surface area contributed by atoms with Crippen LogP contribution in [0.3, 0.4) is 0 Å². The van der Waals surface area contributed by atoms with E-state index in [4.69, 9.17) is 5.11 Å². The van der Waals surface area contributed by atoms with E-state index in [1.54, 1.807) is 0 Å². The molecule has 0 atom stereocenters. The minimum absolute atomic E-state index is 0.00353. The summed E-state index contributed by atoms with van der Waals surface area (Å²) in [4.78, 5) is 24.7. The molecule has 0 unspecified atom stereocenters. The summed E-state index contributed by atoms with van der Waals surface area (Å²) in [5.41, 5.74) is -1.14. The first-order valence-corrected chi connectivity index (χ1v) is 8.68. The smallest absolute Gasteiger partial charge is 0.329 e. The molecule has 1 aromatic rings. The van der Waals surface area contributed by atoms with Gasteiger partial charge in [-0.2, -0.15) is 0 Å². The van der Waals surface area contributed by atoms with E-state index in [0.717, 1.165) is 17.7 Å². The Hall–Kier alpha value is -1.93. The molecule has 23 heavy (non-hydrogen) atoms. The van der Waals surface area contributed by atoms with Crippen LogP contribution >= 0.6 is 0 Å².